The van der Waals surface area contributed by atoms with Crippen LogP contribution in [0.15, 0.2) is 46.2 Å². The number of rotatable bonds is 7. The summed E-state index contributed by atoms with van der Waals surface area (Å²) in [6.45, 7) is 0.852. The normalized spacial score (nSPS) is 15.2. The van der Waals surface area contributed by atoms with E-state index in [9.17, 15) is 21.6 Å². The SMILES string of the molecule is COC(=O)c1cc(S(=O)(=O)Nc2ccc(OC)c(S(=O)(=O)N3CCOCC3)c2)ccc1Cl. The number of hydrogen-bond acceptors (Lipinski definition) is 8. The molecule has 13 heteroatoms. The highest BCUT2D eigenvalue weighted by atomic mass is 35.5. The zero-order valence-corrected chi connectivity index (χ0v) is 19.6. The fraction of sp³-hybridized carbons (Fsp3) is 0.316. The summed E-state index contributed by atoms with van der Waals surface area (Å²) in [6, 6.07) is 7.44. The van der Waals surface area contributed by atoms with Crippen molar-refractivity contribution in [2.45, 2.75) is 9.79 Å². The smallest absolute Gasteiger partial charge is 0.339 e. The van der Waals surface area contributed by atoms with Gasteiger partial charge in [-0.2, -0.15) is 4.31 Å². The van der Waals surface area contributed by atoms with Gasteiger partial charge in [-0.3, -0.25) is 4.72 Å². The molecule has 1 N–H and O–H groups in total. The first-order chi connectivity index (χ1) is 15.1. The molecule has 1 aliphatic rings. The number of carbonyl (C=O) groups is 1. The molecule has 1 aliphatic heterocycles. The molecule has 1 heterocycles. The minimum Gasteiger partial charge on any atom is -0.495 e. The van der Waals surface area contributed by atoms with Gasteiger partial charge < -0.3 is 14.2 Å². The Bertz CT molecular complexity index is 1230. The van der Waals surface area contributed by atoms with Gasteiger partial charge in [-0.15, -0.1) is 0 Å². The number of hydrogen-bond donors (Lipinski definition) is 1. The third-order valence-corrected chi connectivity index (χ3v) is 8.29. The number of nitrogens with zero attached hydrogens (tertiary/aromatic N) is 1. The van der Waals surface area contributed by atoms with Crippen LogP contribution >= 0.6 is 11.6 Å². The number of halogens is 1. The van der Waals surface area contributed by atoms with Crippen molar-refractivity contribution in [2.75, 3.05) is 45.2 Å². The second-order valence-corrected chi connectivity index (χ2v) is 10.6. The second kappa shape index (κ2) is 9.63. The van der Waals surface area contributed by atoms with Gasteiger partial charge in [-0.1, -0.05) is 11.6 Å². The van der Waals surface area contributed by atoms with Crippen LogP contribution in [-0.2, 0) is 29.5 Å². The maximum absolute atomic E-state index is 13.1. The standard InChI is InChI=1S/C19H21ClN2O8S2/c1-28-17-6-3-13(11-18(17)32(26,27)22-7-9-30-10-8-22)21-31(24,25)14-4-5-16(20)15(12-14)19(23)29-2/h3-6,11-12,21H,7-10H2,1-2H3. The average molecular weight is 505 g/mol. The molecule has 0 atom stereocenters. The van der Waals surface area contributed by atoms with E-state index < -0.39 is 26.0 Å². The summed E-state index contributed by atoms with van der Waals surface area (Å²) in [7, 11) is -5.68. The van der Waals surface area contributed by atoms with Gasteiger partial charge in [0.2, 0.25) is 10.0 Å². The molecule has 1 saturated heterocycles. The number of esters is 1. The van der Waals surface area contributed by atoms with Crippen molar-refractivity contribution in [3.8, 4) is 5.75 Å². The van der Waals surface area contributed by atoms with E-state index >= 15 is 0 Å². The first-order valence-corrected chi connectivity index (χ1v) is 12.6. The highest BCUT2D eigenvalue weighted by Crippen LogP contribution is 2.31. The molecule has 0 bridgehead atoms. The molecule has 0 radical (unpaired) electrons. The molecule has 0 aliphatic carbocycles. The van der Waals surface area contributed by atoms with Crippen molar-refractivity contribution < 1.29 is 35.8 Å². The van der Waals surface area contributed by atoms with Crippen molar-refractivity contribution in [1.29, 1.82) is 0 Å². The summed E-state index contributed by atoms with van der Waals surface area (Å²) in [5.74, 6) is -0.728. The van der Waals surface area contributed by atoms with Gasteiger partial charge in [0.25, 0.3) is 10.0 Å². The summed E-state index contributed by atoms with van der Waals surface area (Å²) in [6.07, 6.45) is 0. The van der Waals surface area contributed by atoms with Crippen LogP contribution in [0, 0.1) is 0 Å². The Morgan fingerprint density at radius 2 is 1.75 bits per heavy atom. The Hall–Kier alpha value is -2.38. The lowest BCUT2D eigenvalue weighted by atomic mass is 10.2. The largest absolute Gasteiger partial charge is 0.495 e. The van der Waals surface area contributed by atoms with Gasteiger partial charge in [-0.25, -0.2) is 21.6 Å². The van der Waals surface area contributed by atoms with Crippen LogP contribution in [-0.4, -0.2) is 67.6 Å². The van der Waals surface area contributed by atoms with E-state index in [2.05, 4.69) is 9.46 Å². The minimum absolute atomic E-state index is 0.00722. The van der Waals surface area contributed by atoms with Crippen LogP contribution in [0.25, 0.3) is 0 Å². The van der Waals surface area contributed by atoms with Crippen LogP contribution in [0.2, 0.25) is 5.02 Å². The summed E-state index contributed by atoms with van der Waals surface area (Å²) in [5, 5.41) is 0.0270. The number of morpholine rings is 1. The topological polar surface area (TPSA) is 128 Å². The lowest BCUT2D eigenvalue weighted by molar-refractivity contribution is 0.0600. The van der Waals surface area contributed by atoms with Gasteiger partial charge in [0.15, 0.2) is 0 Å². The first-order valence-electron chi connectivity index (χ1n) is 9.27. The molecular formula is C19H21ClN2O8S2. The number of anilines is 1. The summed E-state index contributed by atoms with van der Waals surface area (Å²) >= 11 is 5.95. The van der Waals surface area contributed by atoms with Gasteiger partial charge in [0.05, 0.1) is 48.6 Å². The van der Waals surface area contributed by atoms with E-state index in [1.165, 1.54) is 41.7 Å². The maximum atomic E-state index is 13.1. The fourth-order valence-corrected chi connectivity index (χ4v) is 5.88. The lowest BCUT2D eigenvalue weighted by Gasteiger charge is -2.26. The van der Waals surface area contributed by atoms with E-state index in [1.807, 2.05) is 0 Å². The lowest BCUT2D eigenvalue weighted by Crippen LogP contribution is -2.40. The molecule has 0 unspecified atom stereocenters. The van der Waals surface area contributed by atoms with Crippen LogP contribution in [0.3, 0.4) is 0 Å². The zero-order valence-electron chi connectivity index (χ0n) is 17.2. The summed E-state index contributed by atoms with van der Waals surface area (Å²) in [4.78, 5) is 11.4. The van der Waals surface area contributed by atoms with E-state index in [-0.39, 0.29) is 58.1 Å². The molecule has 32 heavy (non-hydrogen) atoms. The Balaban J connectivity index is 1.97. The Morgan fingerprint density at radius 1 is 1.06 bits per heavy atom. The Morgan fingerprint density at radius 3 is 2.38 bits per heavy atom. The van der Waals surface area contributed by atoms with E-state index in [1.54, 1.807) is 0 Å². The zero-order chi connectivity index (χ0) is 23.5. The monoisotopic (exact) mass is 504 g/mol. The molecule has 2 aromatic carbocycles. The van der Waals surface area contributed by atoms with Crippen molar-refractivity contribution in [3.05, 3.63) is 47.0 Å². The number of carbonyl (C=O) groups excluding carboxylic acids is 1. The Kier molecular flexibility index (Phi) is 7.30. The minimum atomic E-state index is -4.19. The third kappa shape index (κ3) is 4.99. The number of sulfonamides is 2. The Labute approximate surface area is 191 Å². The predicted octanol–water partition coefficient (Wildman–Crippen LogP) is 1.96. The maximum Gasteiger partial charge on any atom is 0.339 e. The van der Waals surface area contributed by atoms with E-state index in [4.69, 9.17) is 21.1 Å². The predicted molar refractivity (Wildman–Crippen MR) is 116 cm³/mol. The number of ether oxygens (including phenoxy) is 3. The molecule has 0 saturated carbocycles. The fourth-order valence-electron chi connectivity index (χ4n) is 3.02. The van der Waals surface area contributed by atoms with Gasteiger partial charge >= 0.3 is 5.97 Å². The van der Waals surface area contributed by atoms with Crippen LogP contribution in [0.1, 0.15) is 10.4 Å². The van der Waals surface area contributed by atoms with Gasteiger partial charge in [-0.05, 0) is 36.4 Å². The second-order valence-electron chi connectivity index (χ2n) is 6.62. The van der Waals surface area contributed by atoms with Crippen molar-refractivity contribution in [2.24, 2.45) is 0 Å². The van der Waals surface area contributed by atoms with Crippen molar-refractivity contribution >= 4 is 43.3 Å². The van der Waals surface area contributed by atoms with Crippen molar-refractivity contribution in [3.63, 3.8) is 0 Å². The van der Waals surface area contributed by atoms with E-state index in [0.717, 1.165) is 13.2 Å². The molecule has 10 nitrogen and oxygen atoms in total. The van der Waals surface area contributed by atoms with Crippen LogP contribution in [0.5, 0.6) is 5.75 Å². The van der Waals surface area contributed by atoms with Gasteiger partial charge in [0.1, 0.15) is 10.6 Å². The molecule has 3 rings (SSSR count). The number of methoxy groups -OCH3 is 2. The number of benzene rings is 2. The quantitative estimate of drug-likeness (QED) is 0.566. The van der Waals surface area contributed by atoms with Crippen LogP contribution < -0.4 is 9.46 Å². The average Bonchev–Trinajstić information content (AvgIpc) is 2.79. The third-order valence-electron chi connectivity index (χ3n) is 4.66. The van der Waals surface area contributed by atoms with E-state index in [0.29, 0.717) is 0 Å². The number of nitrogens with one attached hydrogen (secondary N) is 1. The molecule has 0 amide bonds. The summed E-state index contributed by atoms with van der Waals surface area (Å²) < 4.78 is 70.5. The first kappa shape index (κ1) is 24.3. The summed E-state index contributed by atoms with van der Waals surface area (Å²) in [5.41, 5.74) is -0.130. The molecule has 0 spiro atoms. The van der Waals surface area contributed by atoms with Crippen molar-refractivity contribution in [1.82, 2.24) is 4.31 Å². The molecule has 174 valence electrons. The highest BCUT2D eigenvalue weighted by molar-refractivity contribution is 7.92. The highest BCUT2D eigenvalue weighted by Gasteiger charge is 2.30. The van der Waals surface area contributed by atoms with Gasteiger partial charge in [0, 0.05) is 13.1 Å². The molecule has 1 fully saturated rings. The van der Waals surface area contributed by atoms with Crippen LogP contribution in [0.4, 0.5) is 5.69 Å². The molecule has 0 aromatic heterocycles. The molecular weight excluding hydrogens is 484 g/mol. The molecule has 2 aromatic rings.